The zero-order valence-electron chi connectivity index (χ0n) is 12.9. The largest absolute Gasteiger partial charge is 0.354 e. The third-order valence-electron chi connectivity index (χ3n) is 4.70. The van der Waals surface area contributed by atoms with E-state index in [-0.39, 0.29) is 42.1 Å². The number of nitrogens with one attached hydrogen (secondary N) is 1. The molecule has 1 heterocycles. The molecule has 22 heavy (non-hydrogen) atoms. The Hall–Kier alpha value is -1.14. The topological polar surface area (TPSA) is 92.5 Å². The summed E-state index contributed by atoms with van der Waals surface area (Å²) in [6, 6.07) is 0. The number of likely N-dealkylation sites (tertiary alicyclic amines) is 1. The predicted octanol–water partition coefficient (Wildman–Crippen LogP) is 0.973. The normalized spacial score (nSPS) is 20.7. The highest BCUT2D eigenvalue weighted by Crippen LogP contribution is 2.38. The van der Waals surface area contributed by atoms with Crippen molar-refractivity contribution in [3.05, 3.63) is 0 Å². The summed E-state index contributed by atoms with van der Waals surface area (Å²) in [6.45, 7) is 1.15. The lowest BCUT2D eigenvalue weighted by Crippen LogP contribution is -2.41. The average molecular weight is 332 g/mol. The minimum atomic E-state index is -0.139. The Kier molecular flexibility index (Phi) is 7.29. The SMILES string of the molecule is Cl.NCC1(CC(=O)NCCN2C(=O)CCC2=O)CCCCC1. The number of rotatable bonds is 6. The van der Waals surface area contributed by atoms with Gasteiger partial charge in [-0.15, -0.1) is 12.4 Å². The highest BCUT2D eigenvalue weighted by atomic mass is 35.5. The van der Waals surface area contributed by atoms with Gasteiger partial charge in [0.15, 0.2) is 0 Å². The van der Waals surface area contributed by atoms with Gasteiger partial charge in [0.1, 0.15) is 0 Å². The van der Waals surface area contributed by atoms with Crippen LogP contribution in [0.4, 0.5) is 0 Å². The van der Waals surface area contributed by atoms with Gasteiger partial charge in [0.05, 0.1) is 0 Å². The molecule has 0 radical (unpaired) electrons. The van der Waals surface area contributed by atoms with E-state index in [1.165, 1.54) is 11.3 Å². The first-order valence-electron chi connectivity index (χ1n) is 7.86. The van der Waals surface area contributed by atoms with Crippen LogP contribution < -0.4 is 11.1 Å². The van der Waals surface area contributed by atoms with Crippen LogP contribution in [0.15, 0.2) is 0 Å². The Morgan fingerprint density at radius 3 is 2.27 bits per heavy atom. The molecule has 2 aliphatic rings. The lowest BCUT2D eigenvalue weighted by atomic mass is 9.71. The number of hydrogen-bond donors (Lipinski definition) is 2. The summed E-state index contributed by atoms with van der Waals surface area (Å²) in [5.41, 5.74) is 5.82. The molecule has 0 atom stereocenters. The second kappa shape index (κ2) is 8.48. The maximum atomic E-state index is 12.1. The minimum Gasteiger partial charge on any atom is -0.354 e. The maximum absolute atomic E-state index is 12.1. The summed E-state index contributed by atoms with van der Waals surface area (Å²) in [6.07, 6.45) is 6.57. The Balaban J connectivity index is 0.00000242. The van der Waals surface area contributed by atoms with E-state index in [9.17, 15) is 14.4 Å². The van der Waals surface area contributed by atoms with Crippen molar-refractivity contribution in [2.75, 3.05) is 19.6 Å². The third kappa shape index (κ3) is 4.68. The molecule has 3 N–H and O–H groups in total. The number of carbonyl (C=O) groups excluding carboxylic acids is 3. The highest BCUT2D eigenvalue weighted by Gasteiger charge is 2.33. The average Bonchev–Trinajstić information content (AvgIpc) is 2.80. The van der Waals surface area contributed by atoms with Gasteiger partial charge in [0.25, 0.3) is 0 Å². The summed E-state index contributed by atoms with van der Waals surface area (Å²) in [7, 11) is 0. The Labute approximate surface area is 137 Å². The van der Waals surface area contributed by atoms with E-state index in [1.807, 2.05) is 0 Å². The molecule has 126 valence electrons. The Bertz CT molecular complexity index is 406. The molecule has 0 aromatic heterocycles. The third-order valence-corrected chi connectivity index (χ3v) is 4.70. The molecule has 2 rings (SSSR count). The van der Waals surface area contributed by atoms with Gasteiger partial charge >= 0.3 is 0 Å². The summed E-state index contributed by atoms with van der Waals surface area (Å²) in [4.78, 5) is 36.2. The highest BCUT2D eigenvalue weighted by molar-refractivity contribution is 6.01. The molecule has 0 aromatic carbocycles. The molecule has 1 saturated heterocycles. The van der Waals surface area contributed by atoms with Gasteiger partial charge in [-0.2, -0.15) is 0 Å². The summed E-state index contributed by atoms with van der Waals surface area (Å²) in [5.74, 6) is -0.304. The molecule has 0 spiro atoms. The molecule has 0 aromatic rings. The minimum absolute atomic E-state index is 0. The van der Waals surface area contributed by atoms with Crippen molar-refractivity contribution in [1.29, 1.82) is 0 Å². The van der Waals surface area contributed by atoms with Gasteiger partial charge in [-0.3, -0.25) is 19.3 Å². The number of imide groups is 1. The van der Waals surface area contributed by atoms with E-state index in [4.69, 9.17) is 5.73 Å². The molecule has 7 heteroatoms. The lowest BCUT2D eigenvalue weighted by molar-refractivity contribution is -0.138. The van der Waals surface area contributed by atoms with E-state index < -0.39 is 0 Å². The van der Waals surface area contributed by atoms with Crippen LogP contribution in [0.25, 0.3) is 0 Å². The molecule has 1 aliphatic heterocycles. The zero-order valence-corrected chi connectivity index (χ0v) is 13.8. The summed E-state index contributed by atoms with van der Waals surface area (Å²) >= 11 is 0. The zero-order chi connectivity index (χ0) is 15.3. The number of hydrogen-bond acceptors (Lipinski definition) is 4. The number of amides is 3. The molecule has 2 fully saturated rings. The fourth-order valence-corrected chi connectivity index (χ4v) is 3.34. The second-order valence-corrected chi connectivity index (χ2v) is 6.23. The molecule has 1 aliphatic carbocycles. The molecular weight excluding hydrogens is 306 g/mol. The van der Waals surface area contributed by atoms with Crippen LogP contribution in [0.3, 0.4) is 0 Å². The first-order valence-corrected chi connectivity index (χ1v) is 7.86. The fourth-order valence-electron chi connectivity index (χ4n) is 3.34. The van der Waals surface area contributed by atoms with Gasteiger partial charge in [0.2, 0.25) is 17.7 Å². The van der Waals surface area contributed by atoms with Crippen molar-refractivity contribution >= 4 is 30.1 Å². The standard InChI is InChI=1S/C15H25N3O3.ClH/c16-11-15(6-2-1-3-7-15)10-12(19)17-8-9-18-13(20)4-5-14(18)21;/h1-11,16H2,(H,17,19);1H. The van der Waals surface area contributed by atoms with E-state index in [0.29, 0.717) is 32.4 Å². The van der Waals surface area contributed by atoms with Crippen LogP contribution in [-0.2, 0) is 14.4 Å². The van der Waals surface area contributed by atoms with Crippen molar-refractivity contribution in [3.63, 3.8) is 0 Å². The molecule has 6 nitrogen and oxygen atoms in total. The molecule has 0 bridgehead atoms. The smallest absolute Gasteiger partial charge is 0.229 e. The van der Waals surface area contributed by atoms with Crippen LogP contribution in [0.1, 0.15) is 51.4 Å². The van der Waals surface area contributed by atoms with E-state index in [1.54, 1.807) is 0 Å². The first-order chi connectivity index (χ1) is 10.1. The Morgan fingerprint density at radius 2 is 1.73 bits per heavy atom. The number of halogens is 1. The van der Waals surface area contributed by atoms with Gasteiger partial charge in [0, 0.05) is 32.4 Å². The number of carbonyl (C=O) groups is 3. The van der Waals surface area contributed by atoms with Gasteiger partial charge in [-0.1, -0.05) is 19.3 Å². The number of nitrogens with two attached hydrogens (primary N) is 1. The second-order valence-electron chi connectivity index (χ2n) is 6.23. The molecule has 1 saturated carbocycles. The summed E-state index contributed by atoms with van der Waals surface area (Å²) in [5, 5.41) is 2.82. The van der Waals surface area contributed by atoms with Crippen LogP contribution in [-0.4, -0.2) is 42.3 Å². The number of nitrogens with zero attached hydrogens (tertiary/aromatic N) is 1. The van der Waals surface area contributed by atoms with Crippen molar-refractivity contribution in [3.8, 4) is 0 Å². The van der Waals surface area contributed by atoms with Crippen LogP contribution in [0.2, 0.25) is 0 Å². The van der Waals surface area contributed by atoms with Crippen LogP contribution in [0.5, 0.6) is 0 Å². The first kappa shape index (κ1) is 18.9. The van der Waals surface area contributed by atoms with Crippen molar-refractivity contribution < 1.29 is 14.4 Å². The predicted molar refractivity (Wildman–Crippen MR) is 85.4 cm³/mol. The van der Waals surface area contributed by atoms with E-state index in [0.717, 1.165) is 25.7 Å². The van der Waals surface area contributed by atoms with Crippen molar-refractivity contribution in [2.24, 2.45) is 11.1 Å². The van der Waals surface area contributed by atoms with Crippen LogP contribution >= 0.6 is 12.4 Å². The molecule has 3 amide bonds. The van der Waals surface area contributed by atoms with E-state index in [2.05, 4.69) is 5.32 Å². The van der Waals surface area contributed by atoms with Gasteiger partial charge in [-0.25, -0.2) is 0 Å². The summed E-state index contributed by atoms with van der Waals surface area (Å²) < 4.78 is 0. The van der Waals surface area contributed by atoms with Crippen LogP contribution in [0, 0.1) is 5.41 Å². The quantitative estimate of drug-likeness (QED) is 0.709. The van der Waals surface area contributed by atoms with Gasteiger partial charge < -0.3 is 11.1 Å². The van der Waals surface area contributed by atoms with Crippen molar-refractivity contribution in [1.82, 2.24) is 10.2 Å². The van der Waals surface area contributed by atoms with Crippen molar-refractivity contribution in [2.45, 2.75) is 51.4 Å². The lowest BCUT2D eigenvalue weighted by Gasteiger charge is -2.35. The maximum Gasteiger partial charge on any atom is 0.229 e. The monoisotopic (exact) mass is 331 g/mol. The van der Waals surface area contributed by atoms with Gasteiger partial charge in [-0.05, 0) is 24.8 Å². The Morgan fingerprint density at radius 1 is 1.14 bits per heavy atom. The fraction of sp³-hybridized carbons (Fsp3) is 0.800. The van der Waals surface area contributed by atoms with E-state index >= 15 is 0 Å². The molecular formula is C15H26ClN3O3. The molecule has 0 unspecified atom stereocenters.